The molecule has 6 rings (SSSR count). The van der Waals surface area contributed by atoms with Crippen LogP contribution in [-0.4, -0.2) is 38.4 Å². The van der Waals surface area contributed by atoms with E-state index in [2.05, 4.69) is 40.0 Å². The molecule has 1 heterocycles. The number of nitrogens with zero attached hydrogens (tertiary/aromatic N) is 1. The van der Waals surface area contributed by atoms with Crippen molar-refractivity contribution in [2.75, 3.05) is 12.9 Å². The highest BCUT2D eigenvalue weighted by Gasteiger charge is 2.46. The minimum atomic E-state index is -3.33. The van der Waals surface area contributed by atoms with Crippen LogP contribution in [0.2, 0.25) is 0 Å². The molecular weight excluding hydrogens is 600 g/mol. The molecule has 0 aliphatic heterocycles. The van der Waals surface area contributed by atoms with E-state index in [1.54, 1.807) is 6.20 Å². The summed E-state index contributed by atoms with van der Waals surface area (Å²) < 4.78 is 51.7. The van der Waals surface area contributed by atoms with Gasteiger partial charge in [-0.1, -0.05) is 72.8 Å². The lowest BCUT2D eigenvalue weighted by Crippen LogP contribution is -2.37. The van der Waals surface area contributed by atoms with Gasteiger partial charge < -0.3 is 18.6 Å². The van der Waals surface area contributed by atoms with Crippen molar-refractivity contribution >= 4 is 10.0 Å². The van der Waals surface area contributed by atoms with E-state index in [1.165, 1.54) is 11.8 Å². The summed E-state index contributed by atoms with van der Waals surface area (Å²) in [6.45, 7) is 1.79. The predicted molar refractivity (Wildman–Crippen MR) is 177 cm³/mol. The van der Waals surface area contributed by atoms with Crippen LogP contribution >= 0.6 is 0 Å². The molecule has 8 nitrogen and oxygen atoms in total. The van der Waals surface area contributed by atoms with E-state index in [0.29, 0.717) is 56.8 Å². The van der Waals surface area contributed by atoms with Crippen LogP contribution in [0.25, 0.3) is 0 Å². The number of sulfonamides is 1. The number of hydrogen-bond donors (Lipinski definition) is 1. The number of nitrogens with one attached hydrogen (secondary N) is 1. The molecule has 2 atom stereocenters. The lowest BCUT2D eigenvalue weighted by atomic mass is 9.82. The van der Waals surface area contributed by atoms with Crippen molar-refractivity contribution in [3.05, 3.63) is 119 Å². The summed E-state index contributed by atoms with van der Waals surface area (Å²) in [6, 6.07) is 28.5. The first-order valence-corrected chi connectivity index (χ1v) is 18.2. The van der Waals surface area contributed by atoms with Crippen molar-refractivity contribution < 1.29 is 27.0 Å². The topological polar surface area (TPSA) is 99.9 Å². The number of ether oxygens (including phenoxy) is 3. The van der Waals surface area contributed by atoms with Gasteiger partial charge in [-0.05, 0) is 79.7 Å². The molecule has 3 aromatic carbocycles. The molecule has 1 N–H and O–H groups in total. The normalized spacial score (nSPS) is 23.4. The molecule has 0 saturated heterocycles. The van der Waals surface area contributed by atoms with Gasteiger partial charge in [0.15, 0.2) is 0 Å². The average molecular weight is 645 g/mol. The van der Waals surface area contributed by atoms with E-state index in [1.807, 2.05) is 54.6 Å². The number of hydrogen-bond acceptors (Lipinski definition) is 7. The molecule has 4 aromatic rings. The Labute approximate surface area is 272 Å². The second kappa shape index (κ2) is 14.9. The lowest BCUT2D eigenvalue weighted by Gasteiger charge is -2.33. The van der Waals surface area contributed by atoms with Crippen molar-refractivity contribution in [3.8, 4) is 5.75 Å². The van der Waals surface area contributed by atoms with E-state index < -0.39 is 15.4 Å². The Bertz CT molecular complexity index is 1640. The second-order valence-electron chi connectivity index (χ2n) is 12.9. The van der Waals surface area contributed by atoms with Gasteiger partial charge in [0.25, 0.3) is 0 Å². The fourth-order valence-corrected chi connectivity index (χ4v) is 7.63. The number of benzene rings is 3. The third-order valence-electron chi connectivity index (χ3n) is 9.20. The maximum absolute atomic E-state index is 12.0. The minimum Gasteiger partial charge on any atom is -0.489 e. The monoisotopic (exact) mass is 644 g/mol. The highest BCUT2D eigenvalue weighted by Crippen LogP contribution is 2.43. The van der Waals surface area contributed by atoms with Crippen molar-refractivity contribution in [3.63, 3.8) is 0 Å². The van der Waals surface area contributed by atoms with E-state index in [0.717, 1.165) is 49.0 Å². The van der Waals surface area contributed by atoms with E-state index in [9.17, 15) is 8.42 Å². The first kappa shape index (κ1) is 32.4. The summed E-state index contributed by atoms with van der Waals surface area (Å²) in [6.07, 6.45) is 9.09. The average Bonchev–Trinajstić information content (AvgIpc) is 3.71. The fraction of sp³-hybridized carbons (Fsp3) is 0.432. The molecule has 0 amide bonds. The third kappa shape index (κ3) is 8.85. The van der Waals surface area contributed by atoms with Gasteiger partial charge in [-0.25, -0.2) is 18.1 Å². The molecule has 244 valence electrons. The fourth-order valence-electron chi connectivity index (χ4n) is 6.82. The van der Waals surface area contributed by atoms with Gasteiger partial charge in [0, 0.05) is 6.04 Å². The minimum absolute atomic E-state index is 0.135. The second-order valence-corrected chi connectivity index (χ2v) is 14.6. The van der Waals surface area contributed by atoms with E-state index in [-0.39, 0.29) is 12.1 Å². The maximum Gasteiger partial charge on any atom is 0.208 e. The van der Waals surface area contributed by atoms with Crippen LogP contribution in [0.4, 0.5) is 0 Å². The summed E-state index contributed by atoms with van der Waals surface area (Å²) >= 11 is 0. The molecule has 2 aliphatic rings. The van der Waals surface area contributed by atoms with Crippen molar-refractivity contribution in [2.24, 2.45) is 0 Å². The highest BCUT2D eigenvalue weighted by molar-refractivity contribution is 7.88. The molecule has 1 aromatic heterocycles. The molecule has 0 bridgehead atoms. The molecular formula is C37H44N2O6S. The summed E-state index contributed by atoms with van der Waals surface area (Å²) in [4.78, 5) is 4.67. The van der Waals surface area contributed by atoms with Crippen LogP contribution in [0.3, 0.4) is 0 Å². The van der Waals surface area contributed by atoms with Crippen LogP contribution in [-0.2, 0) is 44.7 Å². The van der Waals surface area contributed by atoms with Gasteiger partial charge in [0.2, 0.25) is 15.9 Å². The number of rotatable bonds is 14. The highest BCUT2D eigenvalue weighted by atomic mass is 32.2. The SMILES string of the molecule is CS(=O)(=O)NC1CCC(COC2CCC(c3cccc(OCc4ccccc4)c3)CC2)(c2ncc(COCc3ccccc3)o2)C1. The van der Waals surface area contributed by atoms with Crippen molar-refractivity contribution in [2.45, 2.75) is 88.2 Å². The Morgan fingerprint density at radius 3 is 2.30 bits per heavy atom. The standard InChI is InChI=1S/C37H44N2O6S/c1-46(40,41)39-32-19-20-37(22-32,36-38-23-35(45-36)26-42-24-28-9-4-2-5-10-28)27-44-33-17-15-30(16-18-33)31-13-8-14-34(21-31)43-25-29-11-6-3-7-12-29/h2-14,21,23,30,32-33,39H,15-20,22,24-27H2,1H3. The zero-order valence-corrected chi connectivity index (χ0v) is 27.3. The van der Waals surface area contributed by atoms with Crippen LogP contribution in [0.1, 0.15) is 79.2 Å². The largest absolute Gasteiger partial charge is 0.489 e. The molecule has 2 fully saturated rings. The maximum atomic E-state index is 12.0. The van der Waals surface area contributed by atoms with Crippen LogP contribution in [0, 0.1) is 0 Å². The van der Waals surface area contributed by atoms with E-state index in [4.69, 9.17) is 18.6 Å². The van der Waals surface area contributed by atoms with Gasteiger partial charge in [-0.15, -0.1) is 0 Å². The first-order valence-electron chi connectivity index (χ1n) is 16.3. The first-order chi connectivity index (χ1) is 22.3. The Hall–Kier alpha value is -3.50. The Balaban J connectivity index is 1.05. The number of oxazole rings is 1. The lowest BCUT2D eigenvalue weighted by molar-refractivity contribution is -0.0108. The van der Waals surface area contributed by atoms with Gasteiger partial charge in [-0.3, -0.25) is 0 Å². The molecule has 0 spiro atoms. The Morgan fingerprint density at radius 2 is 1.59 bits per heavy atom. The smallest absolute Gasteiger partial charge is 0.208 e. The quantitative estimate of drug-likeness (QED) is 0.157. The van der Waals surface area contributed by atoms with Gasteiger partial charge in [0.1, 0.15) is 24.7 Å². The summed E-state index contributed by atoms with van der Waals surface area (Å²) in [5, 5.41) is 0. The number of aromatic nitrogens is 1. The molecule has 0 radical (unpaired) electrons. The molecule has 2 aliphatic carbocycles. The van der Waals surface area contributed by atoms with Crippen molar-refractivity contribution in [1.82, 2.24) is 9.71 Å². The van der Waals surface area contributed by atoms with Crippen molar-refractivity contribution in [1.29, 1.82) is 0 Å². The molecule has 2 saturated carbocycles. The summed E-state index contributed by atoms with van der Waals surface area (Å²) in [5.74, 6) is 2.62. The Kier molecular flexibility index (Phi) is 10.5. The molecule has 46 heavy (non-hydrogen) atoms. The summed E-state index contributed by atoms with van der Waals surface area (Å²) in [5.41, 5.74) is 3.06. The van der Waals surface area contributed by atoms with Gasteiger partial charge in [-0.2, -0.15) is 0 Å². The van der Waals surface area contributed by atoms with Crippen LogP contribution < -0.4 is 9.46 Å². The third-order valence-corrected chi connectivity index (χ3v) is 9.96. The van der Waals surface area contributed by atoms with E-state index >= 15 is 0 Å². The zero-order chi connectivity index (χ0) is 31.8. The molecule has 2 unspecified atom stereocenters. The molecule has 9 heteroatoms. The van der Waals surface area contributed by atoms with Crippen LogP contribution in [0.15, 0.2) is 95.5 Å². The Morgan fingerprint density at radius 1 is 0.870 bits per heavy atom. The van der Waals surface area contributed by atoms with Gasteiger partial charge in [0.05, 0.1) is 37.2 Å². The van der Waals surface area contributed by atoms with Crippen LogP contribution in [0.5, 0.6) is 5.75 Å². The predicted octanol–water partition coefficient (Wildman–Crippen LogP) is 7.05. The zero-order valence-electron chi connectivity index (χ0n) is 26.5. The van der Waals surface area contributed by atoms with Gasteiger partial charge >= 0.3 is 0 Å². The summed E-state index contributed by atoms with van der Waals surface area (Å²) in [7, 11) is -3.33.